The molecule has 0 atom stereocenters. The summed E-state index contributed by atoms with van der Waals surface area (Å²) in [6.07, 6.45) is 7.58. The van der Waals surface area contributed by atoms with E-state index in [0.29, 0.717) is 8.64 Å². The molecule has 0 radical (unpaired) electrons. The van der Waals surface area contributed by atoms with Crippen molar-refractivity contribution in [2.45, 2.75) is 38.5 Å². The first kappa shape index (κ1) is 16.5. The van der Waals surface area contributed by atoms with Gasteiger partial charge in [0.05, 0.1) is 0 Å². The van der Waals surface area contributed by atoms with Crippen molar-refractivity contribution in [2.24, 2.45) is 11.5 Å². The molecule has 0 aliphatic rings. The van der Waals surface area contributed by atoms with Crippen molar-refractivity contribution in [3.05, 3.63) is 0 Å². The van der Waals surface area contributed by atoms with Gasteiger partial charge in [0.15, 0.2) is 0 Å². The lowest BCUT2D eigenvalue weighted by molar-refractivity contribution is 0.629. The Kier molecular flexibility index (Phi) is 12.3. The third kappa shape index (κ3) is 14.5. The summed E-state index contributed by atoms with van der Waals surface area (Å²) in [5.74, 6) is 2.12. The lowest BCUT2D eigenvalue weighted by Gasteiger charge is -2.01. The molecule has 0 saturated heterocycles. The van der Waals surface area contributed by atoms with Crippen LogP contribution in [0.25, 0.3) is 0 Å². The zero-order chi connectivity index (χ0) is 12.2. The van der Waals surface area contributed by atoms with E-state index in [1.54, 1.807) is 23.5 Å². The van der Waals surface area contributed by atoms with Crippen LogP contribution in [-0.4, -0.2) is 20.1 Å². The average Bonchev–Trinajstić information content (AvgIpc) is 2.20. The van der Waals surface area contributed by atoms with Gasteiger partial charge in [-0.1, -0.05) is 73.6 Å². The van der Waals surface area contributed by atoms with E-state index in [-0.39, 0.29) is 0 Å². The van der Waals surface area contributed by atoms with Crippen molar-refractivity contribution in [1.29, 1.82) is 0 Å². The third-order valence-corrected chi connectivity index (χ3v) is 4.29. The first-order valence-electron chi connectivity index (χ1n) is 5.47. The maximum atomic E-state index is 5.38. The molecule has 0 unspecified atom stereocenters. The van der Waals surface area contributed by atoms with Crippen LogP contribution in [0, 0.1) is 0 Å². The molecule has 4 N–H and O–H groups in total. The SMILES string of the molecule is NC(=S)SCCCCCCCCSC(N)=S. The van der Waals surface area contributed by atoms with Gasteiger partial charge in [0.1, 0.15) is 8.64 Å². The Morgan fingerprint density at radius 3 is 1.31 bits per heavy atom. The molecule has 0 rings (SSSR count). The minimum absolute atomic E-state index is 0.565. The number of rotatable bonds is 9. The van der Waals surface area contributed by atoms with E-state index in [9.17, 15) is 0 Å². The molecule has 16 heavy (non-hydrogen) atoms. The molecular weight excluding hydrogens is 276 g/mol. The summed E-state index contributed by atoms with van der Waals surface area (Å²) in [7, 11) is 0. The fraction of sp³-hybridized carbons (Fsp3) is 0.800. The highest BCUT2D eigenvalue weighted by molar-refractivity contribution is 8.23. The Morgan fingerprint density at radius 1 is 0.688 bits per heavy atom. The highest BCUT2D eigenvalue weighted by Crippen LogP contribution is 2.11. The number of thioether (sulfide) groups is 2. The molecule has 94 valence electrons. The van der Waals surface area contributed by atoms with E-state index >= 15 is 0 Å². The summed E-state index contributed by atoms with van der Waals surface area (Å²) in [5.41, 5.74) is 10.8. The van der Waals surface area contributed by atoms with Crippen LogP contribution in [0.2, 0.25) is 0 Å². The Labute approximate surface area is 118 Å². The van der Waals surface area contributed by atoms with Crippen molar-refractivity contribution in [3.8, 4) is 0 Å². The van der Waals surface area contributed by atoms with E-state index in [0.717, 1.165) is 11.5 Å². The molecule has 0 heterocycles. The molecule has 0 spiro atoms. The molecule has 0 aliphatic carbocycles. The number of nitrogens with two attached hydrogens (primary N) is 2. The van der Waals surface area contributed by atoms with Crippen LogP contribution in [-0.2, 0) is 0 Å². The first-order chi connectivity index (χ1) is 7.63. The van der Waals surface area contributed by atoms with Crippen molar-refractivity contribution in [1.82, 2.24) is 0 Å². The Hall–Kier alpha value is 0.480. The predicted octanol–water partition coefficient (Wildman–Crippen LogP) is 3.28. The molecule has 0 aromatic heterocycles. The minimum Gasteiger partial charge on any atom is -0.385 e. The van der Waals surface area contributed by atoms with Crippen LogP contribution in [0.5, 0.6) is 0 Å². The van der Waals surface area contributed by atoms with Gasteiger partial charge in [0.2, 0.25) is 0 Å². The van der Waals surface area contributed by atoms with Crippen molar-refractivity contribution >= 4 is 56.6 Å². The Balaban J connectivity index is 2.98. The maximum absolute atomic E-state index is 5.38. The number of hydrogen-bond acceptors (Lipinski definition) is 4. The van der Waals surface area contributed by atoms with Gasteiger partial charge in [-0.25, -0.2) is 0 Å². The molecule has 0 saturated carbocycles. The number of hydrogen-bond donors (Lipinski definition) is 2. The average molecular weight is 297 g/mol. The molecule has 0 bridgehead atoms. The molecule has 2 nitrogen and oxygen atoms in total. The van der Waals surface area contributed by atoms with E-state index in [1.165, 1.54) is 38.5 Å². The maximum Gasteiger partial charge on any atom is 0.131 e. The molecular formula is C10H20N2S4. The highest BCUT2D eigenvalue weighted by atomic mass is 32.2. The van der Waals surface area contributed by atoms with Gasteiger partial charge in [-0.2, -0.15) is 0 Å². The summed E-state index contributed by atoms with van der Waals surface area (Å²) in [6, 6.07) is 0. The van der Waals surface area contributed by atoms with Gasteiger partial charge in [-0.15, -0.1) is 0 Å². The molecule has 0 aromatic rings. The van der Waals surface area contributed by atoms with E-state index in [4.69, 9.17) is 35.9 Å². The molecule has 0 amide bonds. The second-order valence-electron chi connectivity index (χ2n) is 3.46. The summed E-state index contributed by atoms with van der Waals surface area (Å²) >= 11 is 12.7. The van der Waals surface area contributed by atoms with Crippen LogP contribution in [0.15, 0.2) is 0 Å². The van der Waals surface area contributed by atoms with E-state index in [2.05, 4.69) is 0 Å². The van der Waals surface area contributed by atoms with Gasteiger partial charge in [-0.05, 0) is 12.8 Å². The number of unbranched alkanes of at least 4 members (excludes halogenated alkanes) is 5. The fourth-order valence-corrected chi connectivity index (χ4v) is 2.86. The third-order valence-electron chi connectivity index (χ3n) is 2.03. The normalized spacial score (nSPS) is 10.2. The van der Waals surface area contributed by atoms with Gasteiger partial charge < -0.3 is 11.5 Å². The van der Waals surface area contributed by atoms with Gasteiger partial charge in [-0.3, -0.25) is 0 Å². The Bertz CT molecular complexity index is 187. The van der Waals surface area contributed by atoms with Gasteiger partial charge >= 0.3 is 0 Å². The van der Waals surface area contributed by atoms with Crippen molar-refractivity contribution in [2.75, 3.05) is 11.5 Å². The van der Waals surface area contributed by atoms with Gasteiger partial charge in [0.25, 0.3) is 0 Å². The minimum atomic E-state index is 0.565. The lowest BCUT2D eigenvalue weighted by Crippen LogP contribution is -2.02. The van der Waals surface area contributed by atoms with Crippen LogP contribution in [0.4, 0.5) is 0 Å². The van der Waals surface area contributed by atoms with E-state index in [1.807, 2.05) is 0 Å². The zero-order valence-corrected chi connectivity index (χ0v) is 12.7. The van der Waals surface area contributed by atoms with Crippen LogP contribution < -0.4 is 11.5 Å². The summed E-state index contributed by atoms with van der Waals surface area (Å²) in [4.78, 5) is 0. The zero-order valence-electron chi connectivity index (χ0n) is 9.44. The lowest BCUT2D eigenvalue weighted by atomic mass is 10.1. The monoisotopic (exact) mass is 296 g/mol. The van der Waals surface area contributed by atoms with Crippen LogP contribution in [0.3, 0.4) is 0 Å². The predicted molar refractivity (Wildman–Crippen MR) is 86.2 cm³/mol. The summed E-state index contributed by atoms with van der Waals surface area (Å²) < 4.78 is 1.13. The van der Waals surface area contributed by atoms with Crippen molar-refractivity contribution in [3.63, 3.8) is 0 Å². The van der Waals surface area contributed by atoms with Crippen LogP contribution in [0.1, 0.15) is 38.5 Å². The second-order valence-corrected chi connectivity index (χ2v) is 7.13. The fourth-order valence-electron chi connectivity index (χ4n) is 1.26. The standard InChI is InChI=1S/C10H20N2S4/c11-9(13)15-7-5-3-1-2-4-6-8-16-10(12)14/h1-8H2,(H2,11,13)(H2,12,14). The van der Waals surface area contributed by atoms with Crippen molar-refractivity contribution < 1.29 is 0 Å². The molecule has 0 fully saturated rings. The van der Waals surface area contributed by atoms with E-state index < -0.39 is 0 Å². The smallest absolute Gasteiger partial charge is 0.131 e. The Morgan fingerprint density at radius 2 is 1.00 bits per heavy atom. The molecule has 0 aromatic carbocycles. The largest absolute Gasteiger partial charge is 0.385 e. The van der Waals surface area contributed by atoms with Gasteiger partial charge in [0, 0.05) is 11.5 Å². The summed E-state index contributed by atoms with van der Waals surface area (Å²) in [6.45, 7) is 0. The topological polar surface area (TPSA) is 52.0 Å². The second kappa shape index (κ2) is 12.0. The molecule has 0 aliphatic heterocycles. The number of thiocarbonyl (C=S) groups is 2. The van der Waals surface area contributed by atoms with Crippen LogP contribution >= 0.6 is 48.0 Å². The highest BCUT2D eigenvalue weighted by Gasteiger charge is 1.94. The molecule has 6 heteroatoms. The summed E-state index contributed by atoms with van der Waals surface area (Å²) in [5, 5.41) is 0. The first-order valence-corrected chi connectivity index (χ1v) is 8.26. The quantitative estimate of drug-likeness (QED) is 0.503.